The van der Waals surface area contributed by atoms with E-state index >= 15 is 0 Å². The summed E-state index contributed by atoms with van der Waals surface area (Å²) < 4.78 is 86.5. The second-order valence-corrected chi connectivity index (χ2v) is 6.45. The summed E-state index contributed by atoms with van der Waals surface area (Å²) in [5.74, 6) is 0. The first-order chi connectivity index (χ1) is 5.75. The van der Waals surface area contributed by atoms with Crippen molar-refractivity contribution in [1.29, 1.82) is 0 Å². The third kappa shape index (κ3) is 2.11. The zero-order chi connectivity index (χ0) is 12.0. The molecule has 0 atom stereocenters. The highest BCUT2D eigenvalue weighted by molar-refractivity contribution is 9.12. The first-order valence-corrected chi connectivity index (χ1v) is 5.62. The summed E-state index contributed by atoms with van der Waals surface area (Å²) in [6, 6.07) is 0. The van der Waals surface area contributed by atoms with Crippen LogP contribution in [-0.4, -0.2) is 24.4 Å². The lowest BCUT2D eigenvalue weighted by Gasteiger charge is -2.28. The Hall–Kier alpha value is 0.300. The molecule has 0 bridgehead atoms. The van der Waals surface area contributed by atoms with E-state index in [1.807, 2.05) is 0 Å². The molecule has 0 aromatic carbocycles. The van der Waals surface area contributed by atoms with E-state index in [0.717, 1.165) is 15.9 Å². The van der Waals surface area contributed by atoms with Gasteiger partial charge in [0.15, 0.2) is 0 Å². The molecule has 86 valence electrons. The molecule has 0 aromatic heterocycles. The molecule has 0 N–H and O–H groups in total. The van der Waals surface area contributed by atoms with E-state index in [1.165, 1.54) is 0 Å². The molecule has 0 aliphatic carbocycles. The Kier molecular flexibility index (Phi) is 3.48. The molecular formula is C3BrClF6O2S. The standard InChI is InChI=1S/C3BrClF6O2S/c4-1(2(6,7)8,3(9,10)11)14(5,12)13. The molecule has 0 radical (unpaired) electrons. The van der Waals surface area contributed by atoms with Gasteiger partial charge in [-0.25, -0.2) is 8.42 Å². The zero-order valence-electron chi connectivity index (χ0n) is 5.75. The Labute approximate surface area is 86.8 Å². The van der Waals surface area contributed by atoms with Crippen molar-refractivity contribution in [2.24, 2.45) is 0 Å². The van der Waals surface area contributed by atoms with Crippen LogP contribution in [0.5, 0.6) is 0 Å². The van der Waals surface area contributed by atoms with Gasteiger partial charge in [0.2, 0.25) is 0 Å². The fourth-order valence-corrected chi connectivity index (χ4v) is 1.51. The summed E-state index contributed by atoms with van der Waals surface area (Å²) in [5, 5.41) is 0. The highest BCUT2D eigenvalue weighted by Gasteiger charge is 2.77. The van der Waals surface area contributed by atoms with Crippen LogP contribution in [0, 0.1) is 0 Å². The van der Waals surface area contributed by atoms with Crippen molar-refractivity contribution < 1.29 is 34.8 Å². The van der Waals surface area contributed by atoms with Gasteiger partial charge in [0.25, 0.3) is 9.05 Å². The molecule has 0 amide bonds. The van der Waals surface area contributed by atoms with Gasteiger partial charge < -0.3 is 0 Å². The van der Waals surface area contributed by atoms with Crippen LogP contribution in [-0.2, 0) is 9.05 Å². The SMILES string of the molecule is O=S(=O)(Cl)C(Br)(C(F)(F)F)C(F)(F)F. The van der Waals surface area contributed by atoms with Crippen molar-refractivity contribution in [3.8, 4) is 0 Å². The summed E-state index contributed by atoms with van der Waals surface area (Å²) in [6.45, 7) is 0. The molecule has 0 aliphatic heterocycles. The molecule has 0 heterocycles. The van der Waals surface area contributed by atoms with Gasteiger partial charge in [-0.1, -0.05) is 0 Å². The molecule has 0 saturated carbocycles. The molecule has 0 unspecified atom stereocenters. The minimum absolute atomic E-state index is 1.08. The van der Waals surface area contributed by atoms with E-state index in [0.29, 0.717) is 0 Å². The van der Waals surface area contributed by atoms with Crippen molar-refractivity contribution >= 4 is 35.7 Å². The number of alkyl halides is 7. The van der Waals surface area contributed by atoms with Crippen molar-refractivity contribution in [3.05, 3.63) is 0 Å². The van der Waals surface area contributed by atoms with Gasteiger partial charge in [0.05, 0.1) is 0 Å². The zero-order valence-corrected chi connectivity index (χ0v) is 8.91. The van der Waals surface area contributed by atoms with Gasteiger partial charge in [-0.2, -0.15) is 26.3 Å². The summed E-state index contributed by atoms with van der Waals surface area (Å²) in [4.78, 5) is 0. The van der Waals surface area contributed by atoms with Crippen LogP contribution in [0.1, 0.15) is 0 Å². The Balaban J connectivity index is 5.81. The topological polar surface area (TPSA) is 34.1 Å². The third-order valence-corrected chi connectivity index (χ3v) is 5.63. The largest absolute Gasteiger partial charge is 0.428 e. The lowest BCUT2D eigenvalue weighted by atomic mass is 10.4. The number of rotatable bonds is 1. The van der Waals surface area contributed by atoms with Crippen LogP contribution in [0.3, 0.4) is 0 Å². The predicted molar refractivity (Wildman–Crippen MR) is 38.5 cm³/mol. The maximum Gasteiger partial charge on any atom is 0.428 e. The van der Waals surface area contributed by atoms with E-state index in [9.17, 15) is 34.8 Å². The lowest BCUT2D eigenvalue weighted by molar-refractivity contribution is -0.235. The van der Waals surface area contributed by atoms with Crippen LogP contribution >= 0.6 is 26.6 Å². The van der Waals surface area contributed by atoms with Crippen molar-refractivity contribution in [1.82, 2.24) is 0 Å². The average molecular weight is 329 g/mol. The first kappa shape index (κ1) is 14.3. The fourth-order valence-electron chi connectivity index (χ4n) is 0.437. The van der Waals surface area contributed by atoms with Gasteiger partial charge in [-0.05, 0) is 15.9 Å². The van der Waals surface area contributed by atoms with Gasteiger partial charge in [-0.3, -0.25) is 0 Å². The summed E-state index contributed by atoms with van der Waals surface area (Å²) in [5.41, 5.74) is 0. The molecule has 0 rings (SSSR count). The second kappa shape index (κ2) is 3.41. The van der Waals surface area contributed by atoms with Gasteiger partial charge in [0, 0.05) is 10.7 Å². The fraction of sp³-hybridized carbons (Fsp3) is 1.00. The number of hydrogen-bond acceptors (Lipinski definition) is 2. The van der Waals surface area contributed by atoms with Crippen LogP contribution in [0.2, 0.25) is 0 Å². The van der Waals surface area contributed by atoms with Crippen molar-refractivity contribution in [2.45, 2.75) is 16.0 Å². The lowest BCUT2D eigenvalue weighted by Crippen LogP contribution is -2.55. The van der Waals surface area contributed by atoms with E-state index in [4.69, 9.17) is 0 Å². The minimum atomic E-state index is -6.11. The second-order valence-electron chi connectivity index (χ2n) is 2.03. The molecule has 0 fully saturated rings. The minimum Gasteiger partial charge on any atom is -0.210 e. The molecule has 0 aromatic rings. The highest BCUT2D eigenvalue weighted by Crippen LogP contribution is 2.54. The van der Waals surface area contributed by atoms with E-state index in [-0.39, 0.29) is 0 Å². The maximum atomic E-state index is 11.9. The van der Waals surface area contributed by atoms with Crippen LogP contribution in [0.15, 0.2) is 0 Å². The molecule has 0 saturated heterocycles. The normalized spacial score (nSPS) is 15.7. The average Bonchev–Trinajstić information content (AvgIpc) is 1.77. The quantitative estimate of drug-likeness (QED) is 0.421. The van der Waals surface area contributed by atoms with Gasteiger partial charge in [0.1, 0.15) is 0 Å². The Morgan fingerprint density at radius 1 is 0.929 bits per heavy atom. The van der Waals surface area contributed by atoms with Crippen molar-refractivity contribution in [3.63, 3.8) is 0 Å². The predicted octanol–water partition coefficient (Wildman–Crippen LogP) is 2.77. The van der Waals surface area contributed by atoms with Gasteiger partial charge in [-0.15, -0.1) is 0 Å². The first-order valence-electron chi connectivity index (χ1n) is 2.51. The van der Waals surface area contributed by atoms with Crippen LogP contribution < -0.4 is 0 Å². The molecule has 14 heavy (non-hydrogen) atoms. The van der Waals surface area contributed by atoms with E-state index < -0.39 is 25.1 Å². The number of hydrogen-bond donors (Lipinski definition) is 0. The van der Waals surface area contributed by atoms with Crippen LogP contribution in [0.4, 0.5) is 26.3 Å². The van der Waals surface area contributed by atoms with E-state index in [2.05, 4.69) is 10.7 Å². The molecule has 2 nitrogen and oxygen atoms in total. The molecule has 0 spiro atoms. The highest BCUT2D eigenvalue weighted by atomic mass is 79.9. The monoisotopic (exact) mass is 328 g/mol. The summed E-state index contributed by atoms with van der Waals surface area (Å²) in [6.07, 6.45) is -12.2. The number of halogens is 8. The molecule has 11 heteroatoms. The summed E-state index contributed by atoms with van der Waals surface area (Å²) in [7, 11) is -1.85. The van der Waals surface area contributed by atoms with Crippen LogP contribution in [0.25, 0.3) is 0 Å². The van der Waals surface area contributed by atoms with E-state index in [1.54, 1.807) is 0 Å². The Morgan fingerprint density at radius 3 is 1.14 bits per heavy atom. The van der Waals surface area contributed by atoms with Gasteiger partial charge >= 0.3 is 16.0 Å². The Bertz CT molecular complexity index is 303. The Morgan fingerprint density at radius 2 is 1.14 bits per heavy atom. The molecule has 0 aliphatic rings. The van der Waals surface area contributed by atoms with Crippen molar-refractivity contribution in [2.75, 3.05) is 0 Å². The third-order valence-electron chi connectivity index (χ3n) is 1.07. The maximum absolute atomic E-state index is 11.9. The molecular weight excluding hydrogens is 329 g/mol. The summed E-state index contributed by atoms with van der Waals surface area (Å²) >= 11 is 1.08. The smallest absolute Gasteiger partial charge is 0.210 e.